The minimum Gasteiger partial charge on any atom is -0.296 e. The van der Waals surface area contributed by atoms with Crippen LogP contribution in [0.25, 0.3) is 0 Å². The average Bonchev–Trinajstić information content (AvgIpc) is 2.78. The summed E-state index contributed by atoms with van der Waals surface area (Å²) in [6.45, 7) is 6.92. The highest BCUT2D eigenvalue weighted by Gasteiger charge is 2.26. The van der Waals surface area contributed by atoms with Crippen molar-refractivity contribution in [1.29, 1.82) is 0 Å². The van der Waals surface area contributed by atoms with Gasteiger partial charge in [0.15, 0.2) is 5.78 Å². The number of hydrogen-bond donors (Lipinski definition) is 0. The molecule has 1 aromatic carbocycles. The zero-order valence-corrected chi connectivity index (χ0v) is 11.0. The SMILES string of the molecule is CC(C)C1CCN(CC(=O)c2ccc(F)cc2)C1. The van der Waals surface area contributed by atoms with Crippen molar-refractivity contribution in [2.24, 2.45) is 11.8 Å². The molecular formula is C15H20FNO. The lowest BCUT2D eigenvalue weighted by molar-refractivity contribution is 0.0942. The number of carbonyl (C=O) groups excluding carboxylic acids is 1. The molecule has 0 bridgehead atoms. The standard InChI is InChI=1S/C15H20FNO/c1-11(2)13-7-8-17(9-13)10-15(18)12-3-5-14(16)6-4-12/h3-6,11,13H,7-10H2,1-2H3. The highest BCUT2D eigenvalue weighted by Crippen LogP contribution is 2.23. The molecule has 18 heavy (non-hydrogen) atoms. The van der Waals surface area contributed by atoms with Gasteiger partial charge in [-0.1, -0.05) is 13.8 Å². The molecule has 0 amide bonds. The first-order valence-corrected chi connectivity index (χ1v) is 6.57. The van der Waals surface area contributed by atoms with Gasteiger partial charge in [-0.2, -0.15) is 0 Å². The van der Waals surface area contributed by atoms with Gasteiger partial charge in [-0.25, -0.2) is 4.39 Å². The second kappa shape index (κ2) is 5.61. The number of nitrogens with zero attached hydrogens (tertiary/aromatic N) is 1. The van der Waals surface area contributed by atoms with E-state index >= 15 is 0 Å². The highest BCUT2D eigenvalue weighted by molar-refractivity contribution is 5.97. The fourth-order valence-electron chi connectivity index (χ4n) is 2.48. The van der Waals surface area contributed by atoms with Crippen LogP contribution in [0.15, 0.2) is 24.3 Å². The van der Waals surface area contributed by atoms with Crippen LogP contribution in [0.1, 0.15) is 30.6 Å². The van der Waals surface area contributed by atoms with Crippen LogP contribution < -0.4 is 0 Å². The van der Waals surface area contributed by atoms with E-state index in [0.29, 0.717) is 23.9 Å². The Balaban J connectivity index is 1.91. The van der Waals surface area contributed by atoms with Crippen molar-refractivity contribution in [1.82, 2.24) is 4.90 Å². The lowest BCUT2D eigenvalue weighted by Gasteiger charge is -2.17. The molecule has 98 valence electrons. The van der Waals surface area contributed by atoms with Crippen molar-refractivity contribution < 1.29 is 9.18 Å². The van der Waals surface area contributed by atoms with Crippen LogP contribution in [0.5, 0.6) is 0 Å². The van der Waals surface area contributed by atoms with Gasteiger partial charge in [0, 0.05) is 12.1 Å². The summed E-state index contributed by atoms with van der Waals surface area (Å²) >= 11 is 0. The zero-order valence-electron chi connectivity index (χ0n) is 11.0. The fourth-order valence-corrected chi connectivity index (χ4v) is 2.48. The summed E-state index contributed by atoms with van der Waals surface area (Å²) in [5.74, 6) is 1.16. The van der Waals surface area contributed by atoms with Crippen molar-refractivity contribution in [2.45, 2.75) is 20.3 Å². The fraction of sp³-hybridized carbons (Fsp3) is 0.533. The Morgan fingerprint density at radius 2 is 2.06 bits per heavy atom. The largest absolute Gasteiger partial charge is 0.296 e. The molecule has 0 spiro atoms. The molecule has 2 nitrogen and oxygen atoms in total. The first kappa shape index (κ1) is 13.2. The number of Topliss-reactive ketones (excluding diaryl/α,β-unsaturated/α-hetero) is 1. The Morgan fingerprint density at radius 3 is 2.61 bits per heavy atom. The first-order valence-electron chi connectivity index (χ1n) is 6.57. The van der Waals surface area contributed by atoms with E-state index in [1.165, 1.54) is 18.6 Å². The van der Waals surface area contributed by atoms with Crippen LogP contribution in [0.3, 0.4) is 0 Å². The van der Waals surface area contributed by atoms with Crippen molar-refractivity contribution in [3.05, 3.63) is 35.6 Å². The molecule has 0 saturated carbocycles. The molecule has 0 aliphatic carbocycles. The summed E-state index contributed by atoms with van der Waals surface area (Å²) in [4.78, 5) is 14.2. The van der Waals surface area contributed by atoms with Crippen molar-refractivity contribution in [3.8, 4) is 0 Å². The van der Waals surface area contributed by atoms with Gasteiger partial charge in [-0.3, -0.25) is 9.69 Å². The zero-order chi connectivity index (χ0) is 13.1. The van der Waals surface area contributed by atoms with E-state index in [9.17, 15) is 9.18 Å². The lowest BCUT2D eigenvalue weighted by atomic mass is 9.95. The van der Waals surface area contributed by atoms with Gasteiger partial charge in [0.1, 0.15) is 5.82 Å². The summed E-state index contributed by atoms with van der Waals surface area (Å²) in [6, 6.07) is 5.81. The highest BCUT2D eigenvalue weighted by atomic mass is 19.1. The third-order valence-electron chi connectivity index (χ3n) is 3.79. The summed E-state index contributed by atoms with van der Waals surface area (Å²) in [5.41, 5.74) is 0.601. The predicted octanol–water partition coefficient (Wildman–Crippen LogP) is 2.99. The minimum absolute atomic E-state index is 0.0828. The summed E-state index contributed by atoms with van der Waals surface area (Å²) in [5, 5.41) is 0. The van der Waals surface area contributed by atoms with Gasteiger partial charge >= 0.3 is 0 Å². The molecule has 1 saturated heterocycles. The molecule has 3 heteroatoms. The minimum atomic E-state index is -0.299. The van der Waals surface area contributed by atoms with E-state index in [-0.39, 0.29) is 11.6 Å². The number of hydrogen-bond acceptors (Lipinski definition) is 2. The second-order valence-corrected chi connectivity index (χ2v) is 5.46. The Morgan fingerprint density at radius 1 is 1.39 bits per heavy atom. The molecule has 1 unspecified atom stereocenters. The monoisotopic (exact) mass is 249 g/mol. The number of rotatable bonds is 4. The Bertz CT molecular complexity index is 413. The third-order valence-corrected chi connectivity index (χ3v) is 3.79. The molecule has 1 fully saturated rings. The van der Waals surface area contributed by atoms with Gasteiger partial charge in [-0.15, -0.1) is 0 Å². The number of likely N-dealkylation sites (tertiary alicyclic amines) is 1. The van der Waals surface area contributed by atoms with Crippen molar-refractivity contribution in [2.75, 3.05) is 19.6 Å². The molecule has 0 N–H and O–H groups in total. The van der Waals surface area contributed by atoms with Gasteiger partial charge in [-0.05, 0) is 49.1 Å². The van der Waals surface area contributed by atoms with Crippen LogP contribution in [-0.2, 0) is 0 Å². The molecular weight excluding hydrogens is 229 g/mol. The molecule has 0 radical (unpaired) electrons. The second-order valence-electron chi connectivity index (χ2n) is 5.46. The lowest BCUT2D eigenvalue weighted by Crippen LogP contribution is -2.28. The molecule has 2 rings (SSSR count). The quantitative estimate of drug-likeness (QED) is 0.765. The van der Waals surface area contributed by atoms with Gasteiger partial charge in [0.25, 0.3) is 0 Å². The summed E-state index contributed by atoms with van der Waals surface area (Å²) in [7, 11) is 0. The van der Waals surface area contributed by atoms with Crippen LogP contribution in [0.4, 0.5) is 4.39 Å². The number of carbonyl (C=O) groups is 1. The van der Waals surface area contributed by atoms with E-state index in [0.717, 1.165) is 13.1 Å². The third kappa shape index (κ3) is 3.16. The normalized spacial score (nSPS) is 20.6. The number of halogens is 1. The molecule has 1 aromatic rings. The predicted molar refractivity (Wildman–Crippen MR) is 70.1 cm³/mol. The number of benzene rings is 1. The maximum absolute atomic E-state index is 12.8. The molecule has 1 atom stereocenters. The van der Waals surface area contributed by atoms with Crippen molar-refractivity contribution >= 4 is 5.78 Å². The maximum atomic E-state index is 12.8. The topological polar surface area (TPSA) is 20.3 Å². The van der Waals surface area contributed by atoms with E-state index in [2.05, 4.69) is 18.7 Å². The van der Waals surface area contributed by atoms with E-state index < -0.39 is 0 Å². The van der Waals surface area contributed by atoms with Crippen LogP contribution in [-0.4, -0.2) is 30.3 Å². The van der Waals surface area contributed by atoms with E-state index in [4.69, 9.17) is 0 Å². The number of ketones is 1. The molecule has 1 heterocycles. The summed E-state index contributed by atoms with van der Waals surface area (Å²) in [6.07, 6.45) is 1.17. The van der Waals surface area contributed by atoms with Gasteiger partial charge < -0.3 is 0 Å². The Kier molecular flexibility index (Phi) is 4.12. The first-order chi connectivity index (χ1) is 8.56. The van der Waals surface area contributed by atoms with E-state index in [1.807, 2.05) is 0 Å². The van der Waals surface area contributed by atoms with Crippen molar-refractivity contribution in [3.63, 3.8) is 0 Å². The van der Waals surface area contributed by atoms with Gasteiger partial charge in [0.05, 0.1) is 6.54 Å². The average molecular weight is 249 g/mol. The van der Waals surface area contributed by atoms with Crippen LogP contribution in [0.2, 0.25) is 0 Å². The van der Waals surface area contributed by atoms with Crippen LogP contribution in [0, 0.1) is 17.7 Å². The Labute approximate surface area is 108 Å². The van der Waals surface area contributed by atoms with Crippen LogP contribution >= 0.6 is 0 Å². The smallest absolute Gasteiger partial charge is 0.176 e. The molecule has 1 aliphatic heterocycles. The molecule has 1 aliphatic rings. The Hall–Kier alpha value is -1.22. The maximum Gasteiger partial charge on any atom is 0.176 e. The van der Waals surface area contributed by atoms with E-state index in [1.54, 1.807) is 12.1 Å². The molecule has 0 aromatic heterocycles. The van der Waals surface area contributed by atoms with Gasteiger partial charge in [0.2, 0.25) is 0 Å². The summed E-state index contributed by atoms with van der Waals surface area (Å²) < 4.78 is 12.8.